The van der Waals surface area contributed by atoms with Gasteiger partial charge < -0.3 is 0 Å². The molecule has 0 fully saturated rings. The quantitative estimate of drug-likeness (QED) is 0.539. The van der Waals surface area contributed by atoms with Crippen molar-refractivity contribution in [2.45, 2.75) is 0 Å². The van der Waals surface area contributed by atoms with Crippen LogP contribution < -0.4 is 0 Å². The Bertz CT molecular complexity index is 924. The fraction of sp³-hybridized carbons (Fsp3) is 0. The topological polar surface area (TPSA) is 54.5 Å². The van der Waals surface area contributed by atoms with E-state index in [9.17, 15) is 0 Å². The van der Waals surface area contributed by atoms with Crippen molar-refractivity contribution in [3.05, 3.63) is 53.9 Å². The maximum Gasteiger partial charge on any atom is 0.224 e. The summed E-state index contributed by atoms with van der Waals surface area (Å²) in [5.74, 6) is 0. The summed E-state index contributed by atoms with van der Waals surface area (Å²) in [6.07, 6.45) is 1.72. The molecule has 2 aromatic carbocycles. The molecule has 0 spiro atoms. The number of rotatable bonds is 1. The highest BCUT2D eigenvalue weighted by molar-refractivity contribution is 6.28. The van der Waals surface area contributed by atoms with Gasteiger partial charge in [-0.25, -0.2) is 4.98 Å². The zero-order chi connectivity index (χ0) is 13.5. The number of halogens is 1. The number of nitrogens with one attached hydrogen (secondary N) is 1. The fourth-order valence-corrected chi connectivity index (χ4v) is 2.61. The molecule has 96 valence electrons. The summed E-state index contributed by atoms with van der Waals surface area (Å²) in [6, 6.07) is 14.3. The molecule has 0 bridgehead atoms. The molecular weight excluding hydrogens is 272 g/mol. The molecule has 1 N–H and O–H groups in total. The second-order valence-electron chi connectivity index (χ2n) is 4.50. The van der Waals surface area contributed by atoms with Crippen LogP contribution >= 0.6 is 11.6 Å². The minimum atomic E-state index is 0.213. The van der Waals surface area contributed by atoms with Gasteiger partial charge in [-0.3, -0.25) is 5.10 Å². The molecule has 20 heavy (non-hydrogen) atoms. The highest BCUT2D eigenvalue weighted by Crippen LogP contribution is 2.31. The van der Waals surface area contributed by atoms with E-state index < -0.39 is 0 Å². The Morgan fingerprint density at radius 1 is 0.900 bits per heavy atom. The van der Waals surface area contributed by atoms with Gasteiger partial charge in [-0.15, -0.1) is 0 Å². The van der Waals surface area contributed by atoms with Crippen molar-refractivity contribution in [2.75, 3.05) is 0 Å². The van der Waals surface area contributed by atoms with E-state index in [2.05, 4.69) is 38.4 Å². The molecule has 2 aromatic heterocycles. The van der Waals surface area contributed by atoms with Gasteiger partial charge in [0.05, 0.1) is 17.3 Å². The van der Waals surface area contributed by atoms with Crippen LogP contribution in [0.5, 0.6) is 0 Å². The first kappa shape index (κ1) is 11.4. The van der Waals surface area contributed by atoms with E-state index >= 15 is 0 Å². The lowest BCUT2D eigenvalue weighted by atomic mass is 10.0. The van der Waals surface area contributed by atoms with Crippen LogP contribution in [0, 0.1) is 0 Å². The third-order valence-electron chi connectivity index (χ3n) is 3.33. The first-order valence-electron chi connectivity index (χ1n) is 6.18. The molecule has 0 aliphatic heterocycles. The zero-order valence-electron chi connectivity index (χ0n) is 10.3. The number of hydrogen-bond donors (Lipinski definition) is 1. The van der Waals surface area contributed by atoms with Crippen molar-refractivity contribution in [3.63, 3.8) is 0 Å². The molecule has 0 radical (unpaired) electrons. The molecule has 4 nitrogen and oxygen atoms in total. The molecule has 0 unspecified atom stereocenters. The monoisotopic (exact) mass is 280 g/mol. The summed E-state index contributed by atoms with van der Waals surface area (Å²) >= 11 is 6.01. The van der Waals surface area contributed by atoms with E-state index in [1.54, 1.807) is 6.20 Å². The summed E-state index contributed by atoms with van der Waals surface area (Å²) in [7, 11) is 0. The molecule has 0 saturated carbocycles. The predicted octanol–water partition coefficient (Wildman–Crippen LogP) is 3.83. The summed E-state index contributed by atoms with van der Waals surface area (Å²) in [5.41, 5.74) is 2.47. The molecule has 0 atom stereocenters. The van der Waals surface area contributed by atoms with Crippen LogP contribution in [0.15, 0.2) is 48.7 Å². The molecule has 5 heteroatoms. The molecular formula is C15H9ClN4. The van der Waals surface area contributed by atoms with E-state index in [1.807, 2.05) is 24.3 Å². The van der Waals surface area contributed by atoms with Crippen molar-refractivity contribution in [2.24, 2.45) is 0 Å². The average molecular weight is 281 g/mol. The zero-order valence-corrected chi connectivity index (χ0v) is 11.1. The van der Waals surface area contributed by atoms with E-state index in [0.29, 0.717) is 5.65 Å². The number of fused-ring (bicyclic) bond motifs is 2. The molecule has 0 saturated heterocycles. The lowest BCUT2D eigenvalue weighted by molar-refractivity contribution is 1.09. The SMILES string of the molecule is Clc1nc(-c2cccc3ccccc23)c2cn[nH]c2n1. The van der Waals surface area contributed by atoms with Crippen molar-refractivity contribution in [1.29, 1.82) is 0 Å². The predicted molar refractivity (Wildman–Crippen MR) is 79.6 cm³/mol. The standard InChI is InChI=1S/C15H9ClN4/c16-15-18-13(12-8-17-20-14(12)19-15)11-7-3-5-9-4-1-2-6-10(9)11/h1-8H,(H,17,18,19,20). The van der Waals surface area contributed by atoms with E-state index in [-0.39, 0.29) is 5.28 Å². The van der Waals surface area contributed by atoms with Crippen molar-refractivity contribution < 1.29 is 0 Å². The second-order valence-corrected chi connectivity index (χ2v) is 4.84. The molecule has 4 rings (SSSR count). The third kappa shape index (κ3) is 1.66. The number of hydrogen-bond acceptors (Lipinski definition) is 3. The molecule has 0 aliphatic rings. The van der Waals surface area contributed by atoms with Gasteiger partial charge in [-0.2, -0.15) is 10.1 Å². The van der Waals surface area contributed by atoms with Crippen LogP contribution in [0.3, 0.4) is 0 Å². The Morgan fingerprint density at radius 2 is 1.75 bits per heavy atom. The lowest BCUT2D eigenvalue weighted by Gasteiger charge is -2.07. The van der Waals surface area contributed by atoms with Gasteiger partial charge in [0, 0.05) is 5.56 Å². The highest BCUT2D eigenvalue weighted by Gasteiger charge is 2.12. The minimum Gasteiger partial charge on any atom is -0.261 e. The number of nitrogens with zero attached hydrogens (tertiary/aromatic N) is 3. The smallest absolute Gasteiger partial charge is 0.224 e. The summed E-state index contributed by atoms with van der Waals surface area (Å²) in [4.78, 5) is 8.53. The Hall–Kier alpha value is -2.46. The Kier molecular flexibility index (Phi) is 2.44. The number of aromatic amines is 1. The van der Waals surface area contributed by atoms with Gasteiger partial charge in [0.1, 0.15) is 0 Å². The molecule has 0 amide bonds. The van der Waals surface area contributed by atoms with E-state index in [0.717, 1.165) is 27.4 Å². The Labute approximate surface area is 119 Å². The van der Waals surface area contributed by atoms with Crippen LogP contribution in [-0.2, 0) is 0 Å². The van der Waals surface area contributed by atoms with Crippen LogP contribution in [0.4, 0.5) is 0 Å². The maximum atomic E-state index is 6.01. The maximum absolute atomic E-state index is 6.01. The fourth-order valence-electron chi connectivity index (χ4n) is 2.44. The Balaban J connectivity index is 2.14. The largest absolute Gasteiger partial charge is 0.261 e. The van der Waals surface area contributed by atoms with Gasteiger partial charge in [0.25, 0.3) is 0 Å². The van der Waals surface area contributed by atoms with E-state index in [1.165, 1.54) is 0 Å². The van der Waals surface area contributed by atoms with Gasteiger partial charge in [0.15, 0.2) is 5.65 Å². The first-order chi connectivity index (χ1) is 9.83. The number of H-pyrrole nitrogens is 1. The highest BCUT2D eigenvalue weighted by atomic mass is 35.5. The Morgan fingerprint density at radius 3 is 2.70 bits per heavy atom. The van der Waals surface area contributed by atoms with E-state index in [4.69, 9.17) is 11.6 Å². The van der Waals surface area contributed by atoms with Crippen LogP contribution in [0.2, 0.25) is 5.28 Å². The average Bonchev–Trinajstić information content (AvgIpc) is 2.94. The van der Waals surface area contributed by atoms with Gasteiger partial charge in [-0.05, 0) is 22.4 Å². The molecule has 4 aromatic rings. The van der Waals surface area contributed by atoms with Crippen molar-refractivity contribution in [1.82, 2.24) is 20.2 Å². The second kappa shape index (κ2) is 4.28. The first-order valence-corrected chi connectivity index (χ1v) is 6.55. The molecule has 2 heterocycles. The van der Waals surface area contributed by atoms with Gasteiger partial charge in [-0.1, -0.05) is 42.5 Å². The number of aromatic nitrogens is 4. The normalized spacial score (nSPS) is 11.2. The summed E-state index contributed by atoms with van der Waals surface area (Å²) in [5, 5.41) is 10.2. The van der Waals surface area contributed by atoms with Gasteiger partial charge >= 0.3 is 0 Å². The van der Waals surface area contributed by atoms with Crippen molar-refractivity contribution in [3.8, 4) is 11.3 Å². The third-order valence-corrected chi connectivity index (χ3v) is 3.50. The minimum absolute atomic E-state index is 0.213. The van der Waals surface area contributed by atoms with Gasteiger partial charge in [0.2, 0.25) is 5.28 Å². The van der Waals surface area contributed by atoms with Crippen LogP contribution in [-0.4, -0.2) is 20.2 Å². The van der Waals surface area contributed by atoms with Crippen LogP contribution in [0.25, 0.3) is 33.1 Å². The summed E-state index contributed by atoms with van der Waals surface area (Å²) < 4.78 is 0. The molecule has 0 aliphatic carbocycles. The van der Waals surface area contributed by atoms with Crippen LogP contribution in [0.1, 0.15) is 0 Å². The lowest BCUT2D eigenvalue weighted by Crippen LogP contribution is -1.90. The van der Waals surface area contributed by atoms with Crippen molar-refractivity contribution >= 4 is 33.4 Å². The summed E-state index contributed by atoms with van der Waals surface area (Å²) in [6.45, 7) is 0. The number of benzene rings is 2.